The van der Waals surface area contributed by atoms with Crippen LogP contribution in [-0.4, -0.2) is 53.1 Å². The van der Waals surface area contributed by atoms with Crippen LogP contribution in [0.15, 0.2) is 10.6 Å². The van der Waals surface area contributed by atoms with E-state index >= 15 is 0 Å². The number of amides is 1. The van der Waals surface area contributed by atoms with Gasteiger partial charge in [0, 0.05) is 38.8 Å². The van der Waals surface area contributed by atoms with Gasteiger partial charge in [0.25, 0.3) is 0 Å². The number of carbonyl (C=O) groups excluding carboxylic acids is 1. The van der Waals surface area contributed by atoms with E-state index in [4.69, 9.17) is 10.3 Å². The molecule has 8 heteroatoms. The summed E-state index contributed by atoms with van der Waals surface area (Å²) in [6, 6.07) is 1.59. The molecule has 23 heavy (non-hydrogen) atoms. The van der Waals surface area contributed by atoms with Crippen LogP contribution in [0.1, 0.15) is 31.7 Å². The second-order valence-corrected chi connectivity index (χ2v) is 6.27. The van der Waals surface area contributed by atoms with E-state index in [-0.39, 0.29) is 36.8 Å². The van der Waals surface area contributed by atoms with Crippen LogP contribution in [0.2, 0.25) is 0 Å². The second-order valence-electron chi connectivity index (χ2n) is 6.27. The van der Waals surface area contributed by atoms with Gasteiger partial charge in [-0.1, -0.05) is 19.0 Å². The third-order valence-electron chi connectivity index (χ3n) is 3.79. The van der Waals surface area contributed by atoms with E-state index in [1.54, 1.807) is 0 Å². The first-order valence-corrected chi connectivity index (χ1v) is 7.64. The Hall–Kier alpha value is -0.820. The van der Waals surface area contributed by atoms with Gasteiger partial charge in [-0.3, -0.25) is 9.69 Å². The maximum Gasteiger partial charge on any atom is 0.239 e. The Morgan fingerprint density at radius 2 is 1.91 bits per heavy atom. The second kappa shape index (κ2) is 10.1. The van der Waals surface area contributed by atoms with Crippen molar-refractivity contribution < 1.29 is 9.32 Å². The predicted octanol–water partition coefficient (Wildman–Crippen LogP) is 1.84. The van der Waals surface area contributed by atoms with E-state index < -0.39 is 0 Å². The first-order valence-electron chi connectivity index (χ1n) is 7.64. The first-order chi connectivity index (χ1) is 9.95. The third kappa shape index (κ3) is 6.67. The van der Waals surface area contributed by atoms with Crippen molar-refractivity contribution in [2.75, 3.05) is 26.2 Å². The smallest absolute Gasteiger partial charge is 0.239 e. The Balaban J connectivity index is 0.00000242. The summed E-state index contributed by atoms with van der Waals surface area (Å²) in [7, 11) is 0. The summed E-state index contributed by atoms with van der Waals surface area (Å²) in [4.78, 5) is 16.4. The largest absolute Gasteiger partial charge is 0.361 e. The minimum absolute atomic E-state index is 0. The highest BCUT2D eigenvalue weighted by Crippen LogP contribution is 2.11. The van der Waals surface area contributed by atoms with E-state index in [1.807, 2.05) is 17.9 Å². The lowest BCUT2D eigenvalue weighted by Crippen LogP contribution is -2.53. The van der Waals surface area contributed by atoms with Gasteiger partial charge in [0.2, 0.25) is 5.91 Å². The molecule has 0 unspecified atom stereocenters. The van der Waals surface area contributed by atoms with Crippen molar-refractivity contribution in [3.05, 3.63) is 17.5 Å². The lowest BCUT2D eigenvalue weighted by molar-refractivity contribution is -0.134. The lowest BCUT2D eigenvalue weighted by Gasteiger charge is -2.35. The van der Waals surface area contributed by atoms with Crippen molar-refractivity contribution in [1.29, 1.82) is 0 Å². The molecule has 1 atom stereocenters. The van der Waals surface area contributed by atoms with Gasteiger partial charge < -0.3 is 15.2 Å². The Morgan fingerprint density at radius 1 is 1.30 bits per heavy atom. The molecule has 2 heterocycles. The molecule has 1 aliphatic heterocycles. The fourth-order valence-corrected chi connectivity index (χ4v) is 2.69. The molecular weight excluding hydrogens is 339 g/mol. The Bertz CT molecular complexity index is 474. The molecule has 1 amide bonds. The highest BCUT2D eigenvalue weighted by molar-refractivity contribution is 5.85. The van der Waals surface area contributed by atoms with E-state index in [0.717, 1.165) is 50.6 Å². The zero-order chi connectivity index (χ0) is 15.4. The molecule has 134 valence electrons. The summed E-state index contributed by atoms with van der Waals surface area (Å²) in [6.45, 7) is 10.0. The molecule has 0 aromatic carbocycles. The molecule has 1 aliphatic rings. The molecule has 1 fully saturated rings. The molecule has 0 spiro atoms. The zero-order valence-electron chi connectivity index (χ0n) is 14.0. The van der Waals surface area contributed by atoms with Crippen molar-refractivity contribution in [2.45, 2.75) is 39.8 Å². The fourth-order valence-electron chi connectivity index (χ4n) is 2.69. The molecule has 1 aromatic rings. The zero-order valence-corrected chi connectivity index (χ0v) is 15.7. The normalized spacial score (nSPS) is 16.7. The number of aromatic nitrogens is 1. The summed E-state index contributed by atoms with van der Waals surface area (Å²) < 4.78 is 5.08. The van der Waals surface area contributed by atoms with Gasteiger partial charge in [0.15, 0.2) is 0 Å². The van der Waals surface area contributed by atoms with Crippen LogP contribution < -0.4 is 5.73 Å². The minimum Gasteiger partial charge on any atom is -0.361 e. The lowest BCUT2D eigenvalue weighted by atomic mass is 10.0. The number of nitrogens with zero attached hydrogens (tertiary/aromatic N) is 3. The van der Waals surface area contributed by atoms with Crippen LogP contribution in [-0.2, 0) is 11.3 Å². The van der Waals surface area contributed by atoms with Gasteiger partial charge in [-0.2, -0.15) is 0 Å². The molecule has 0 aliphatic carbocycles. The van der Waals surface area contributed by atoms with Crippen LogP contribution in [0.5, 0.6) is 0 Å². The van der Waals surface area contributed by atoms with E-state index in [0.29, 0.717) is 5.92 Å². The quantitative estimate of drug-likeness (QED) is 0.860. The molecule has 2 rings (SSSR count). The number of halogens is 2. The number of aryl methyl sites for hydroxylation is 1. The molecule has 0 bridgehead atoms. The van der Waals surface area contributed by atoms with Crippen LogP contribution in [0.25, 0.3) is 0 Å². The standard InChI is InChI=1S/C15H26N4O2.2ClH/c1-11(2)8-14(16)15(20)19-6-4-18(5-7-19)10-13-9-12(3)21-17-13;;/h9,11,14H,4-8,10,16H2,1-3H3;2*1H/t14-;;/m0../s1. The first kappa shape index (κ1) is 22.2. The molecule has 2 N–H and O–H groups in total. The van der Waals surface area contributed by atoms with Gasteiger partial charge in [0.05, 0.1) is 11.7 Å². The van der Waals surface area contributed by atoms with Gasteiger partial charge >= 0.3 is 0 Å². The summed E-state index contributed by atoms with van der Waals surface area (Å²) in [5, 5.41) is 4.01. The number of nitrogens with two attached hydrogens (primary N) is 1. The van der Waals surface area contributed by atoms with Gasteiger partial charge in [-0.25, -0.2) is 0 Å². The predicted molar refractivity (Wildman–Crippen MR) is 95.0 cm³/mol. The van der Waals surface area contributed by atoms with E-state index in [9.17, 15) is 4.79 Å². The SMILES string of the molecule is Cc1cc(CN2CCN(C(=O)[C@@H](N)CC(C)C)CC2)no1.Cl.Cl. The Labute approximate surface area is 150 Å². The number of hydrogen-bond acceptors (Lipinski definition) is 5. The van der Waals surface area contributed by atoms with Crippen molar-refractivity contribution in [1.82, 2.24) is 15.0 Å². The van der Waals surface area contributed by atoms with Crippen molar-refractivity contribution in [3.63, 3.8) is 0 Å². The summed E-state index contributed by atoms with van der Waals surface area (Å²) in [5.74, 6) is 1.36. The molecule has 1 saturated heterocycles. The number of piperazine rings is 1. The summed E-state index contributed by atoms with van der Waals surface area (Å²) >= 11 is 0. The number of carbonyl (C=O) groups is 1. The molecule has 0 saturated carbocycles. The average Bonchev–Trinajstić information content (AvgIpc) is 2.83. The molecule has 1 aromatic heterocycles. The summed E-state index contributed by atoms with van der Waals surface area (Å²) in [5.41, 5.74) is 6.93. The van der Waals surface area contributed by atoms with Gasteiger partial charge in [-0.15, -0.1) is 24.8 Å². The topological polar surface area (TPSA) is 75.6 Å². The molecular formula is C15H28Cl2N4O2. The van der Waals surface area contributed by atoms with E-state index in [1.165, 1.54) is 0 Å². The Morgan fingerprint density at radius 3 is 2.39 bits per heavy atom. The van der Waals surface area contributed by atoms with Crippen molar-refractivity contribution in [2.24, 2.45) is 11.7 Å². The van der Waals surface area contributed by atoms with Crippen LogP contribution in [0.4, 0.5) is 0 Å². The van der Waals surface area contributed by atoms with Crippen LogP contribution in [0, 0.1) is 12.8 Å². The Kier molecular flexibility index (Phi) is 9.77. The summed E-state index contributed by atoms with van der Waals surface area (Å²) in [6.07, 6.45) is 0.747. The van der Waals surface area contributed by atoms with Gasteiger partial charge in [0.1, 0.15) is 5.76 Å². The highest BCUT2D eigenvalue weighted by Gasteiger charge is 2.25. The average molecular weight is 367 g/mol. The molecule has 6 nitrogen and oxygen atoms in total. The van der Waals surface area contributed by atoms with Crippen molar-refractivity contribution >= 4 is 30.7 Å². The van der Waals surface area contributed by atoms with Crippen LogP contribution in [0.3, 0.4) is 0 Å². The van der Waals surface area contributed by atoms with E-state index in [2.05, 4.69) is 23.9 Å². The molecule has 0 radical (unpaired) electrons. The van der Waals surface area contributed by atoms with Crippen molar-refractivity contribution in [3.8, 4) is 0 Å². The maximum atomic E-state index is 12.3. The number of rotatable bonds is 5. The highest BCUT2D eigenvalue weighted by atomic mass is 35.5. The fraction of sp³-hybridized carbons (Fsp3) is 0.733. The monoisotopic (exact) mass is 366 g/mol. The maximum absolute atomic E-state index is 12.3. The van der Waals surface area contributed by atoms with Gasteiger partial charge in [-0.05, 0) is 19.3 Å². The minimum atomic E-state index is -0.366. The third-order valence-corrected chi connectivity index (χ3v) is 3.79. The number of hydrogen-bond donors (Lipinski definition) is 1. The van der Waals surface area contributed by atoms with Crippen LogP contribution >= 0.6 is 24.8 Å².